The summed E-state index contributed by atoms with van der Waals surface area (Å²) in [6.45, 7) is 2.36. The highest BCUT2D eigenvalue weighted by atomic mass is 32.1. The second-order valence-electron chi connectivity index (χ2n) is 5.93. The van der Waals surface area contributed by atoms with Gasteiger partial charge in [-0.3, -0.25) is 0 Å². The molecule has 2 heterocycles. The van der Waals surface area contributed by atoms with E-state index in [0.717, 1.165) is 26.9 Å². The van der Waals surface area contributed by atoms with Gasteiger partial charge in [-0.1, -0.05) is 48.0 Å². The predicted molar refractivity (Wildman–Crippen MR) is 103 cm³/mol. The molecule has 2 aromatic heterocycles. The zero-order valence-electron chi connectivity index (χ0n) is 14.1. The Bertz CT molecular complexity index is 1110. The highest BCUT2D eigenvalue weighted by Gasteiger charge is 2.14. The lowest BCUT2D eigenvalue weighted by Crippen LogP contribution is -2.00. The molecule has 4 nitrogen and oxygen atoms in total. The molecule has 2 aromatic carbocycles. The van der Waals surface area contributed by atoms with E-state index in [1.54, 1.807) is 17.4 Å². The second-order valence-corrected chi connectivity index (χ2v) is 6.79. The number of thiophene rings is 1. The molecule has 0 radical (unpaired) electrons. The summed E-state index contributed by atoms with van der Waals surface area (Å²) in [5, 5.41) is 12.2. The standard InChI is InChI=1S/C21H15N3OS/c1-14-6-8-15(9-7-14)18-12-26-21-19(18)20(23-13-24-21)25-11-17-5-3-2-4-16(17)10-22/h2-9,12-13H,11H2,1H3. The molecule has 0 bridgehead atoms. The Morgan fingerprint density at radius 1 is 1.08 bits per heavy atom. The lowest BCUT2D eigenvalue weighted by Gasteiger charge is -2.09. The summed E-state index contributed by atoms with van der Waals surface area (Å²) < 4.78 is 6.00. The van der Waals surface area contributed by atoms with Gasteiger partial charge in [0.05, 0.1) is 17.0 Å². The van der Waals surface area contributed by atoms with Gasteiger partial charge in [-0.15, -0.1) is 11.3 Å². The fraction of sp³-hybridized carbons (Fsp3) is 0.0952. The first-order chi connectivity index (χ1) is 12.8. The highest BCUT2D eigenvalue weighted by molar-refractivity contribution is 7.17. The zero-order valence-corrected chi connectivity index (χ0v) is 15.0. The van der Waals surface area contributed by atoms with Crippen molar-refractivity contribution in [2.45, 2.75) is 13.5 Å². The first-order valence-electron chi connectivity index (χ1n) is 8.16. The van der Waals surface area contributed by atoms with E-state index < -0.39 is 0 Å². The molecule has 0 atom stereocenters. The van der Waals surface area contributed by atoms with E-state index in [0.29, 0.717) is 18.1 Å². The molecular weight excluding hydrogens is 342 g/mol. The molecule has 5 heteroatoms. The van der Waals surface area contributed by atoms with Crippen LogP contribution in [-0.4, -0.2) is 9.97 Å². The molecule has 26 heavy (non-hydrogen) atoms. The molecule has 0 fully saturated rings. The monoisotopic (exact) mass is 357 g/mol. The Morgan fingerprint density at radius 3 is 2.69 bits per heavy atom. The Hall–Kier alpha value is -3.23. The Balaban J connectivity index is 1.73. The van der Waals surface area contributed by atoms with Crippen molar-refractivity contribution in [2.24, 2.45) is 0 Å². The van der Waals surface area contributed by atoms with E-state index in [2.05, 4.69) is 52.6 Å². The largest absolute Gasteiger partial charge is 0.472 e. The summed E-state index contributed by atoms with van der Waals surface area (Å²) in [7, 11) is 0. The molecule has 0 N–H and O–H groups in total. The van der Waals surface area contributed by atoms with E-state index in [4.69, 9.17) is 4.74 Å². The number of hydrogen-bond acceptors (Lipinski definition) is 5. The third-order valence-corrected chi connectivity index (χ3v) is 5.09. The van der Waals surface area contributed by atoms with Gasteiger partial charge in [0.1, 0.15) is 17.8 Å². The fourth-order valence-corrected chi connectivity index (χ4v) is 3.71. The molecule has 0 aliphatic rings. The molecule has 0 amide bonds. The molecular formula is C21H15N3OS. The minimum Gasteiger partial charge on any atom is -0.472 e. The van der Waals surface area contributed by atoms with E-state index >= 15 is 0 Å². The van der Waals surface area contributed by atoms with Gasteiger partial charge >= 0.3 is 0 Å². The predicted octanol–water partition coefficient (Wildman–Crippen LogP) is 5.12. The van der Waals surface area contributed by atoms with E-state index in [1.807, 2.05) is 18.2 Å². The number of aryl methyl sites for hydroxylation is 1. The molecule has 0 saturated heterocycles. The van der Waals surface area contributed by atoms with Crippen LogP contribution in [0.1, 0.15) is 16.7 Å². The average Bonchev–Trinajstić information content (AvgIpc) is 3.12. The summed E-state index contributed by atoms with van der Waals surface area (Å²) in [6, 6.07) is 18.0. The van der Waals surface area contributed by atoms with Crippen molar-refractivity contribution in [1.82, 2.24) is 9.97 Å². The number of benzene rings is 2. The van der Waals surface area contributed by atoms with Crippen molar-refractivity contribution in [3.63, 3.8) is 0 Å². The van der Waals surface area contributed by atoms with Crippen molar-refractivity contribution >= 4 is 21.6 Å². The molecule has 0 unspecified atom stereocenters. The maximum absolute atomic E-state index is 9.24. The van der Waals surface area contributed by atoms with Crippen LogP contribution in [0.5, 0.6) is 5.88 Å². The zero-order chi connectivity index (χ0) is 17.9. The Morgan fingerprint density at radius 2 is 1.88 bits per heavy atom. The highest BCUT2D eigenvalue weighted by Crippen LogP contribution is 2.37. The lowest BCUT2D eigenvalue weighted by atomic mass is 10.0. The van der Waals surface area contributed by atoms with Crippen LogP contribution in [0.3, 0.4) is 0 Å². The van der Waals surface area contributed by atoms with Crippen molar-refractivity contribution in [1.29, 1.82) is 5.26 Å². The SMILES string of the molecule is Cc1ccc(-c2csc3ncnc(OCc4ccccc4C#N)c23)cc1. The van der Waals surface area contributed by atoms with E-state index in [1.165, 1.54) is 11.9 Å². The van der Waals surface area contributed by atoms with Crippen LogP contribution >= 0.6 is 11.3 Å². The Labute approximate surface area is 155 Å². The number of rotatable bonds is 4. The summed E-state index contributed by atoms with van der Waals surface area (Å²) >= 11 is 1.57. The minimum absolute atomic E-state index is 0.291. The van der Waals surface area contributed by atoms with Gasteiger partial charge in [-0.25, -0.2) is 9.97 Å². The van der Waals surface area contributed by atoms with E-state index in [9.17, 15) is 5.26 Å². The molecule has 0 aliphatic carbocycles. The van der Waals surface area contributed by atoms with Crippen LogP contribution in [0.15, 0.2) is 60.2 Å². The minimum atomic E-state index is 0.291. The number of nitrogens with zero attached hydrogens (tertiary/aromatic N) is 3. The fourth-order valence-electron chi connectivity index (χ4n) is 2.80. The topological polar surface area (TPSA) is 58.8 Å². The summed E-state index contributed by atoms with van der Waals surface area (Å²) in [5.74, 6) is 0.541. The third-order valence-electron chi connectivity index (χ3n) is 4.20. The van der Waals surface area contributed by atoms with Crippen LogP contribution < -0.4 is 4.74 Å². The van der Waals surface area contributed by atoms with Gasteiger partial charge in [0.2, 0.25) is 5.88 Å². The first-order valence-corrected chi connectivity index (χ1v) is 9.04. The van der Waals surface area contributed by atoms with Gasteiger partial charge < -0.3 is 4.74 Å². The number of fused-ring (bicyclic) bond motifs is 1. The quantitative estimate of drug-likeness (QED) is 0.509. The number of ether oxygens (including phenoxy) is 1. The van der Waals surface area contributed by atoms with Crippen LogP contribution in [0.4, 0.5) is 0 Å². The maximum atomic E-state index is 9.24. The van der Waals surface area contributed by atoms with Crippen LogP contribution in [0.25, 0.3) is 21.3 Å². The molecule has 0 saturated carbocycles. The molecule has 4 rings (SSSR count). The van der Waals surface area contributed by atoms with Gasteiger partial charge in [0.15, 0.2) is 0 Å². The van der Waals surface area contributed by atoms with Crippen LogP contribution in [-0.2, 0) is 6.61 Å². The number of nitriles is 1. The smallest absolute Gasteiger partial charge is 0.226 e. The van der Waals surface area contributed by atoms with Crippen molar-refractivity contribution < 1.29 is 4.74 Å². The van der Waals surface area contributed by atoms with Crippen LogP contribution in [0, 0.1) is 18.3 Å². The van der Waals surface area contributed by atoms with Crippen molar-refractivity contribution in [3.05, 3.63) is 76.9 Å². The molecule has 0 spiro atoms. The molecule has 126 valence electrons. The number of aromatic nitrogens is 2. The van der Waals surface area contributed by atoms with Gasteiger partial charge in [-0.2, -0.15) is 5.26 Å². The van der Waals surface area contributed by atoms with Crippen LogP contribution in [0.2, 0.25) is 0 Å². The second kappa shape index (κ2) is 6.95. The van der Waals surface area contributed by atoms with Gasteiger partial charge in [-0.05, 0) is 18.6 Å². The van der Waals surface area contributed by atoms with E-state index in [-0.39, 0.29) is 0 Å². The molecule has 0 aliphatic heterocycles. The Kier molecular flexibility index (Phi) is 4.34. The van der Waals surface area contributed by atoms with Crippen molar-refractivity contribution in [2.75, 3.05) is 0 Å². The molecule has 4 aromatic rings. The summed E-state index contributed by atoms with van der Waals surface area (Å²) in [6.07, 6.45) is 1.52. The summed E-state index contributed by atoms with van der Waals surface area (Å²) in [5.41, 5.74) is 4.85. The van der Waals surface area contributed by atoms with Gasteiger partial charge in [0.25, 0.3) is 0 Å². The average molecular weight is 357 g/mol. The van der Waals surface area contributed by atoms with Crippen molar-refractivity contribution in [3.8, 4) is 23.1 Å². The normalized spacial score (nSPS) is 10.6. The third kappa shape index (κ3) is 3.03. The van der Waals surface area contributed by atoms with Gasteiger partial charge in [0, 0.05) is 16.5 Å². The lowest BCUT2D eigenvalue weighted by molar-refractivity contribution is 0.297. The first kappa shape index (κ1) is 16.2. The maximum Gasteiger partial charge on any atom is 0.226 e. The number of hydrogen-bond donors (Lipinski definition) is 0. The summed E-state index contributed by atoms with van der Waals surface area (Å²) in [4.78, 5) is 9.60.